The van der Waals surface area contributed by atoms with E-state index in [1.807, 2.05) is 0 Å². The van der Waals surface area contributed by atoms with E-state index in [9.17, 15) is 45.3 Å². The highest BCUT2D eigenvalue weighted by molar-refractivity contribution is 5.85. The maximum atomic E-state index is 13.2. The predicted octanol–water partition coefficient (Wildman–Crippen LogP) is -0.397. The number of aldehydes is 1. The molecule has 0 radical (unpaired) electrons. The number of carbonyl (C=O) groups is 2. The third-order valence-corrected chi connectivity index (χ3v) is 14.0. The van der Waals surface area contributed by atoms with Crippen molar-refractivity contribution in [2.75, 3.05) is 13.2 Å². The Morgan fingerprint density at radius 1 is 0.939 bits per heavy atom. The number of rotatable bonds is 7. The van der Waals surface area contributed by atoms with Crippen LogP contribution in [-0.2, 0) is 33.3 Å². The molecule has 7 aliphatic rings. The van der Waals surface area contributed by atoms with E-state index in [2.05, 4.69) is 6.92 Å². The topological polar surface area (TPSA) is 222 Å². The van der Waals surface area contributed by atoms with E-state index >= 15 is 0 Å². The lowest BCUT2D eigenvalue weighted by atomic mass is 9.41. The lowest BCUT2D eigenvalue weighted by Crippen LogP contribution is -2.69. The Balaban J connectivity index is 1.00. The number of hydrogen-bond acceptors (Lipinski definition) is 14. The van der Waals surface area contributed by atoms with Gasteiger partial charge in [-0.3, -0.25) is 0 Å². The monoisotopic (exact) mass is 696 g/mol. The minimum Gasteiger partial charge on any atom is -0.458 e. The SMILES string of the molecule is C[C@H]1O[C@@H](O[C@H]2CC[C@]3(C=O)[C@H]4CC[C@]5(C)[C@@H](C6=CC(=O)OC6)CC[C@]5(O)[C@@H]4CC[C@]3(O)C2)C[C@H](O)[C@@H]1O[C@H]1O[C@H](CO)[C@@H](O)[C@H](O)[C@H]1O. The minimum atomic E-state index is -1.62. The fraction of sp³-hybridized carbons (Fsp3) is 0.886. The van der Waals surface area contributed by atoms with E-state index in [1.54, 1.807) is 13.0 Å². The molecule has 2 saturated heterocycles. The molecule has 14 nitrogen and oxygen atoms in total. The first kappa shape index (κ1) is 35.8. The summed E-state index contributed by atoms with van der Waals surface area (Å²) >= 11 is 0. The molecular weight excluding hydrogens is 644 g/mol. The molecule has 0 aromatic carbocycles. The van der Waals surface area contributed by atoms with Gasteiger partial charge in [-0.1, -0.05) is 6.92 Å². The first-order valence-electron chi connectivity index (χ1n) is 17.9. The highest BCUT2D eigenvalue weighted by Crippen LogP contribution is 2.70. The zero-order valence-corrected chi connectivity index (χ0v) is 28.1. The van der Waals surface area contributed by atoms with Crippen molar-refractivity contribution >= 4 is 12.3 Å². The molecule has 0 amide bonds. The van der Waals surface area contributed by atoms with Gasteiger partial charge in [0.15, 0.2) is 12.6 Å². The Bertz CT molecular complexity index is 1300. The first-order valence-corrected chi connectivity index (χ1v) is 17.9. The molecule has 4 aliphatic carbocycles. The molecule has 14 heteroatoms. The molecular formula is C35H52O14. The predicted molar refractivity (Wildman–Crippen MR) is 166 cm³/mol. The Labute approximate surface area is 285 Å². The Kier molecular flexibility index (Phi) is 9.38. The van der Waals surface area contributed by atoms with E-state index in [0.29, 0.717) is 44.9 Å². The zero-order valence-electron chi connectivity index (χ0n) is 28.1. The van der Waals surface area contributed by atoms with E-state index in [0.717, 1.165) is 18.3 Å². The van der Waals surface area contributed by atoms with Crippen LogP contribution in [0.3, 0.4) is 0 Å². The normalized spacial score (nSPS) is 54.3. The van der Waals surface area contributed by atoms with Gasteiger partial charge in [0, 0.05) is 24.3 Å². The highest BCUT2D eigenvalue weighted by atomic mass is 16.7. The van der Waals surface area contributed by atoms with Crippen molar-refractivity contribution in [1.29, 1.82) is 0 Å². The lowest BCUT2D eigenvalue weighted by Gasteiger charge is -2.65. The second-order valence-corrected chi connectivity index (χ2v) is 16.1. The standard InChI is InChI=1S/C35H52O14/c1-17-30(49-31-29(42)28(41)27(40)24(14-36)48-31)23(38)12-26(46-17)47-19-3-8-33(16-37)21-4-7-32(2)20(18-11-25(39)45-15-18)6-10-35(32,44)22(21)5-9-34(33,43)13-19/h11,16-17,19-24,26-31,36,38,40-44H,3-10,12-15H2,1-2H3/t17-,19+,20-,21+,22-,23+,24-,26+,27-,28+,29-,30-,31-,32-,33+,34+,35+/m1/s1. The number of aliphatic hydroxyl groups excluding tert-OH is 5. The summed E-state index contributed by atoms with van der Waals surface area (Å²) in [5, 5.41) is 75.9. The van der Waals surface area contributed by atoms with Crippen LogP contribution in [-0.4, -0.2) is 134 Å². The summed E-state index contributed by atoms with van der Waals surface area (Å²) in [6.45, 7) is 3.42. The molecule has 0 spiro atoms. The van der Waals surface area contributed by atoms with E-state index in [1.165, 1.54) is 0 Å². The van der Waals surface area contributed by atoms with Gasteiger partial charge < -0.3 is 64.2 Å². The zero-order chi connectivity index (χ0) is 35.1. The molecule has 7 N–H and O–H groups in total. The minimum absolute atomic E-state index is 0.00470. The van der Waals surface area contributed by atoms with Gasteiger partial charge in [0.2, 0.25) is 0 Å². The van der Waals surface area contributed by atoms with Crippen LogP contribution in [0.2, 0.25) is 0 Å². The molecule has 3 heterocycles. The fourth-order valence-corrected chi connectivity index (χ4v) is 11.3. The van der Waals surface area contributed by atoms with Crippen LogP contribution >= 0.6 is 0 Å². The Morgan fingerprint density at radius 2 is 1.69 bits per heavy atom. The summed E-state index contributed by atoms with van der Waals surface area (Å²) in [4.78, 5) is 25.0. The summed E-state index contributed by atoms with van der Waals surface area (Å²) in [5.74, 6) is -0.688. The number of aliphatic hydroxyl groups is 7. The lowest BCUT2D eigenvalue weighted by molar-refractivity contribution is -0.345. The van der Waals surface area contributed by atoms with Crippen molar-refractivity contribution in [1.82, 2.24) is 0 Å². The average molecular weight is 697 g/mol. The Hall–Kier alpha value is -1.56. The summed E-state index contributed by atoms with van der Waals surface area (Å²) in [6.07, 6.45) is -4.38. The molecule has 0 aromatic heterocycles. The second kappa shape index (κ2) is 12.8. The van der Waals surface area contributed by atoms with Crippen molar-refractivity contribution in [3.63, 3.8) is 0 Å². The third kappa shape index (κ3) is 5.47. The van der Waals surface area contributed by atoms with Gasteiger partial charge in [0.05, 0.1) is 41.5 Å². The Morgan fingerprint density at radius 3 is 2.37 bits per heavy atom. The number of ether oxygens (including phenoxy) is 5. The molecule has 276 valence electrons. The summed E-state index contributed by atoms with van der Waals surface area (Å²) in [5.41, 5.74) is -2.94. The number of hydrogen-bond donors (Lipinski definition) is 7. The molecule has 0 aromatic rings. The molecule has 7 rings (SSSR count). The fourth-order valence-electron chi connectivity index (χ4n) is 11.3. The van der Waals surface area contributed by atoms with Crippen molar-refractivity contribution in [2.24, 2.45) is 28.6 Å². The smallest absolute Gasteiger partial charge is 0.331 e. The maximum absolute atomic E-state index is 13.2. The van der Waals surface area contributed by atoms with Gasteiger partial charge in [-0.25, -0.2) is 4.79 Å². The highest BCUT2D eigenvalue weighted by Gasteiger charge is 2.71. The average Bonchev–Trinajstić information content (AvgIpc) is 3.61. The molecule has 6 fully saturated rings. The van der Waals surface area contributed by atoms with Crippen LogP contribution in [0.1, 0.15) is 78.1 Å². The summed E-state index contributed by atoms with van der Waals surface area (Å²) in [7, 11) is 0. The van der Waals surface area contributed by atoms with Crippen molar-refractivity contribution in [2.45, 2.75) is 151 Å². The van der Waals surface area contributed by atoms with E-state index < -0.39 is 90.1 Å². The third-order valence-electron chi connectivity index (χ3n) is 14.0. The van der Waals surface area contributed by atoms with Crippen LogP contribution in [0.25, 0.3) is 0 Å². The molecule has 3 aliphatic heterocycles. The summed E-state index contributed by atoms with van der Waals surface area (Å²) in [6, 6.07) is 0. The molecule has 49 heavy (non-hydrogen) atoms. The number of fused-ring (bicyclic) bond motifs is 5. The van der Waals surface area contributed by atoms with Crippen molar-refractivity contribution in [3.05, 3.63) is 11.6 Å². The van der Waals surface area contributed by atoms with Crippen LogP contribution < -0.4 is 0 Å². The number of carbonyl (C=O) groups excluding carboxylic acids is 2. The van der Waals surface area contributed by atoms with Gasteiger partial charge in [-0.2, -0.15) is 0 Å². The first-order chi connectivity index (χ1) is 23.2. The van der Waals surface area contributed by atoms with Crippen LogP contribution in [0.4, 0.5) is 0 Å². The van der Waals surface area contributed by atoms with Crippen LogP contribution in [0.5, 0.6) is 0 Å². The van der Waals surface area contributed by atoms with Gasteiger partial charge >= 0.3 is 5.97 Å². The molecule has 4 saturated carbocycles. The quantitative estimate of drug-likeness (QED) is 0.102. The van der Waals surface area contributed by atoms with Gasteiger partial charge in [-0.05, 0) is 81.6 Å². The van der Waals surface area contributed by atoms with Gasteiger partial charge in [-0.15, -0.1) is 0 Å². The van der Waals surface area contributed by atoms with Gasteiger partial charge in [0.1, 0.15) is 43.4 Å². The van der Waals surface area contributed by atoms with Crippen molar-refractivity contribution < 1.29 is 69.0 Å². The molecule has 17 atom stereocenters. The second-order valence-electron chi connectivity index (χ2n) is 16.1. The van der Waals surface area contributed by atoms with Crippen LogP contribution in [0, 0.1) is 28.6 Å². The van der Waals surface area contributed by atoms with E-state index in [4.69, 9.17) is 23.7 Å². The molecule has 0 unspecified atom stereocenters. The number of esters is 1. The largest absolute Gasteiger partial charge is 0.458 e. The van der Waals surface area contributed by atoms with E-state index in [-0.39, 0.29) is 43.2 Å². The van der Waals surface area contributed by atoms with Crippen molar-refractivity contribution in [3.8, 4) is 0 Å². The summed E-state index contributed by atoms with van der Waals surface area (Å²) < 4.78 is 28.9. The van der Waals surface area contributed by atoms with Gasteiger partial charge in [0.25, 0.3) is 0 Å². The number of cyclic esters (lactones) is 1. The van der Waals surface area contributed by atoms with Crippen LogP contribution in [0.15, 0.2) is 11.6 Å². The molecule has 0 bridgehead atoms. The maximum Gasteiger partial charge on any atom is 0.331 e.